The minimum absolute atomic E-state index is 0.0295. The molecular formula is C13H17BrN2O2. The van der Waals surface area contributed by atoms with E-state index in [2.05, 4.69) is 26.6 Å². The molecule has 4 nitrogen and oxygen atoms in total. The van der Waals surface area contributed by atoms with Crippen molar-refractivity contribution in [1.29, 1.82) is 0 Å². The maximum Gasteiger partial charge on any atom is 0.239 e. The van der Waals surface area contributed by atoms with Crippen molar-refractivity contribution in [3.05, 3.63) is 28.7 Å². The largest absolute Gasteiger partial charge is 0.381 e. The number of carbonyl (C=O) groups is 1. The van der Waals surface area contributed by atoms with Gasteiger partial charge in [-0.3, -0.25) is 4.79 Å². The van der Waals surface area contributed by atoms with Gasteiger partial charge in [-0.05, 0) is 31.0 Å². The molecule has 5 heteroatoms. The van der Waals surface area contributed by atoms with Crippen LogP contribution in [-0.4, -0.2) is 31.7 Å². The third-order valence-electron chi connectivity index (χ3n) is 2.86. The zero-order valence-corrected chi connectivity index (χ0v) is 11.7. The van der Waals surface area contributed by atoms with E-state index in [-0.39, 0.29) is 11.9 Å². The van der Waals surface area contributed by atoms with E-state index in [1.807, 2.05) is 24.3 Å². The molecule has 1 heterocycles. The number of carbonyl (C=O) groups excluding carboxylic acids is 1. The second-order valence-corrected chi connectivity index (χ2v) is 5.23. The lowest BCUT2D eigenvalue weighted by molar-refractivity contribution is -0.120. The van der Waals surface area contributed by atoms with Crippen LogP contribution in [0.25, 0.3) is 0 Å². The Morgan fingerprint density at radius 3 is 2.89 bits per heavy atom. The van der Waals surface area contributed by atoms with Gasteiger partial charge in [-0.25, -0.2) is 0 Å². The second kappa shape index (κ2) is 6.75. The normalized spacial score (nSPS) is 16.3. The van der Waals surface area contributed by atoms with Crippen LogP contribution >= 0.6 is 15.9 Å². The van der Waals surface area contributed by atoms with Crippen LogP contribution < -0.4 is 10.6 Å². The van der Waals surface area contributed by atoms with E-state index in [1.165, 1.54) is 0 Å². The molecule has 0 radical (unpaired) electrons. The summed E-state index contributed by atoms with van der Waals surface area (Å²) in [7, 11) is 0. The van der Waals surface area contributed by atoms with Crippen LogP contribution in [0.15, 0.2) is 28.7 Å². The lowest BCUT2D eigenvalue weighted by Crippen LogP contribution is -2.41. The number of hydrogen-bond donors (Lipinski definition) is 2. The predicted octanol–water partition coefficient (Wildman–Crippen LogP) is 2.16. The van der Waals surface area contributed by atoms with Gasteiger partial charge >= 0.3 is 0 Å². The summed E-state index contributed by atoms with van der Waals surface area (Å²) in [6.45, 7) is 1.78. The van der Waals surface area contributed by atoms with Crippen molar-refractivity contribution < 1.29 is 9.53 Å². The first-order chi connectivity index (χ1) is 8.74. The first-order valence-electron chi connectivity index (χ1n) is 6.10. The average Bonchev–Trinajstić information content (AvgIpc) is 2.38. The highest BCUT2D eigenvalue weighted by molar-refractivity contribution is 9.10. The summed E-state index contributed by atoms with van der Waals surface area (Å²) in [4.78, 5) is 11.7. The smallest absolute Gasteiger partial charge is 0.239 e. The van der Waals surface area contributed by atoms with E-state index >= 15 is 0 Å². The van der Waals surface area contributed by atoms with Crippen LogP contribution in [0, 0.1) is 0 Å². The van der Waals surface area contributed by atoms with E-state index in [0.29, 0.717) is 6.54 Å². The summed E-state index contributed by atoms with van der Waals surface area (Å²) >= 11 is 3.39. The third kappa shape index (κ3) is 4.31. The topological polar surface area (TPSA) is 50.4 Å². The SMILES string of the molecule is O=C(CNc1cccc(Br)c1)NC1CCOCC1. The Kier molecular flexibility index (Phi) is 5.01. The van der Waals surface area contributed by atoms with Gasteiger partial charge in [0, 0.05) is 29.4 Å². The van der Waals surface area contributed by atoms with Crippen molar-refractivity contribution in [2.24, 2.45) is 0 Å². The molecule has 0 spiro atoms. The Morgan fingerprint density at radius 1 is 1.39 bits per heavy atom. The maximum absolute atomic E-state index is 11.7. The molecule has 1 aliphatic heterocycles. The van der Waals surface area contributed by atoms with E-state index in [9.17, 15) is 4.79 Å². The van der Waals surface area contributed by atoms with Crippen molar-refractivity contribution in [1.82, 2.24) is 5.32 Å². The first-order valence-corrected chi connectivity index (χ1v) is 6.90. The number of anilines is 1. The van der Waals surface area contributed by atoms with Crippen LogP contribution in [0.5, 0.6) is 0 Å². The van der Waals surface area contributed by atoms with Gasteiger partial charge in [0.05, 0.1) is 6.54 Å². The standard InChI is InChI=1S/C13H17BrN2O2/c14-10-2-1-3-12(8-10)15-9-13(17)16-11-4-6-18-7-5-11/h1-3,8,11,15H,4-7,9H2,(H,16,17). The fourth-order valence-corrected chi connectivity index (χ4v) is 2.30. The van der Waals surface area contributed by atoms with Gasteiger partial charge in [0.15, 0.2) is 0 Å². The molecule has 1 fully saturated rings. The van der Waals surface area contributed by atoms with Gasteiger partial charge in [0.2, 0.25) is 5.91 Å². The molecule has 0 saturated carbocycles. The van der Waals surface area contributed by atoms with E-state index in [1.54, 1.807) is 0 Å². The first kappa shape index (κ1) is 13.4. The molecule has 0 unspecified atom stereocenters. The van der Waals surface area contributed by atoms with Crippen LogP contribution in [0.1, 0.15) is 12.8 Å². The summed E-state index contributed by atoms with van der Waals surface area (Å²) in [5.41, 5.74) is 0.937. The molecule has 1 aliphatic rings. The number of amides is 1. The number of hydrogen-bond acceptors (Lipinski definition) is 3. The Balaban J connectivity index is 1.74. The monoisotopic (exact) mass is 312 g/mol. The van der Waals surface area contributed by atoms with Gasteiger partial charge in [-0.2, -0.15) is 0 Å². The fraction of sp³-hybridized carbons (Fsp3) is 0.462. The fourth-order valence-electron chi connectivity index (χ4n) is 1.90. The van der Waals surface area contributed by atoms with Crippen LogP contribution in [-0.2, 0) is 9.53 Å². The molecule has 18 heavy (non-hydrogen) atoms. The van der Waals surface area contributed by atoms with Crippen molar-refractivity contribution in [2.75, 3.05) is 25.1 Å². The number of rotatable bonds is 4. The molecule has 0 bridgehead atoms. The zero-order chi connectivity index (χ0) is 12.8. The Bertz CT molecular complexity index is 406. The lowest BCUT2D eigenvalue weighted by Gasteiger charge is -2.23. The molecule has 98 valence electrons. The van der Waals surface area contributed by atoms with Crippen molar-refractivity contribution >= 4 is 27.5 Å². The predicted molar refractivity (Wildman–Crippen MR) is 74.6 cm³/mol. The highest BCUT2D eigenvalue weighted by Crippen LogP contribution is 2.15. The summed E-state index contributed by atoms with van der Waals surface area (Å²) in [6, 6.07) is 8.03. The van der Waals surface area contributed by atoms with E-state index in [4.69, 9.17) is 4.74 Å². The Labute approximate surface area is 115 Å². The highest BCUT2D eigenvalue weighted by Gasteiger charge is 2.15. The van der Waals surface area contributed by atoms with Gasteiger partial charge in [0.25, 0.3) is 0 Å². The summed E-state index contributed by atoms with van der Waals surface area (Å²) in [5, 5.41) is 6.11. The van der Waals surface area contributed by atoms with E-state index < -0.39 is 0 Å². The number of halogens is 1. The summed E-state index contributed by atoms with van der Waals surface area (Å²) in [6.07, 6.45) is 1.81. The minimum Gasteiger partial charge on any atom is -0.381 e. The van der Waals surface area contributed by atoms with Gasteiger partial charge in [-0.15, -0.1) is 0 Å². The van der Waals surface area contributed by atoms with Crippen molar-refractivity contribution in [3.8, 4) is 0 Å². The molecule has 1 aromatic carbocycles. The van der Waals surface area contributed by atoms with Crippen molar-refractivity contribution in [3.63, 3.8) is 0 Å². The molecule has 1 saturated heterocycles. The molecule has 0 atom stereocenters. The van der Waals surface area contributed by atoms with E-state index in [0.717, 1.165) is 36.2 Å². The Morgan fingerprint density at radius 2 is 2.17 bits per heavy atom. The third-order valence-corrected chi connectivity index (χ3v) is 3.36. The molecule has 0 aromatic heterocycles. The minimum atomic E-state index is 0.0295. The van der Waals surface area contributed by atoms with Gasteiger partial charge in [-0.1, -0.05) is 22.0 Å². The lowest BCUT2D eigenvalue weighted by atomic mass is 10.1. The number of benzene rings is 1. The summed E-state index contributed by atoms with van der Waals surface area (Å²) < 4.78 is 6.25. The van der Waals surface area contributed by atoms with Crippen LogP contribution in [0.2, 0.25) is 0 Å². The molecule has 1 amide bonds. The zero-order valence-electron chi connectivity index (χ0n) is 10.1. The quantitative estimate of drug-likeness (QED) is 0.895. The average molecular weight is 313 g/mol. The van der Waals surface area contributed by atoms with Gasteiger partial charge < -0.3 is 15.4 Å². The van der Waals surface area contributed by atoms with Crippen LogP contribution in [0.4, 0.5) is 5.69 Å². The molecule has 0 aliphatic carbocycles. The maximum atomic E-state index is 11.7. The number of ether oxygens (including phenoxy) is 1. The van der Waals surface area contributed by atoms with Crippen molar-refractivity contribution in [2.45, 2.75) is 18.9 Å². The Hall–Kier alpha value is -1.07. The number of nitrogens with one attached hydrogen (secondary N) is 2. The van der Waals surface area contributed by atoms with Crippen LogP contribution in [0.3, 0.4) is 0 Å². The molecule has 2 rings (SSSR count). The molecular weight excluding hydrogens is 296 g/mol. The highest BCUT2D eigenvalue weighted by atomic mass is 79.9. The van der Waals surface area contributed by atoms with Gasteiger partial charge in [0.1, 0.15) is 0 Å². The second-order valence-electron chi connectivity index (χ2n) is 4.32. The summed E-state index contributed by atoms with van der Waals surface area (Å²) in [5.74, 6) is 0.0295. The molecule has 1 aromatic rings. The molecule has 2 N–H and O–H groups in total.